The van der Waals surface area contributed by atoms with Gasteiger partial charge in [0.25, 0.3) is 0 Å². The fourth-order valence-electron chi connectivity index (χ4n) is 1.10. The largest absolute Gasteiger partial charge is 0.467 e. The normalized spacial score (nSPS) is 13.1. The van der Waals surface area contributed by atoms with Crippen molar-refractivity contribution in [2.75, 3.05) is 13.7 Å². The summed E-state index contributed by atoms with van der Waals surface area (Å²) in [5.74, 6) is -0.591. The van der Waals surface area contributed by atoms with Crippen molar-refractivity contribution in [2.24, 2.45) is 0 Å². The van der Waals surface area contributed by atoms with Crippen LogP contribution in [-0.4, -0.2) is 37.1 Å². The third kappa shape index (κ3) is 7.23. The summed E-state index contributed by atoms with van der Waals surface area (Å²) in [6, 6.07) is -0.591. The van der Waals surface area contributed by atoms with Crippen molar-refractivity contribution >= 4 is 11.9 Å². The first-order chi connectivity index (χ1) is 7.26. The lowest BCUT2D eigenvalue weighted by Gasteiger charge is -2.20. The fraction of sp³-hybridized carbons (Fsp3) is 0.818. The van der Waals surface area contributed by atoms with Gasteiger partial charge in [-0.2, -0.15) is 0 Å². The summed E-state index contributed by atoms with van der Waals surface area (Å²) in [7, 11) is 1.30. The van der Waals surface area contributed by atoms with Crippen LogP contribution in [0.5, 0.6) is 0 Å². The molecule has 94 valence electrons. The summed E-state index contributed by atoms with van der Waals surface area (Å²) in [6.45, 7) is 8.27. The highest BCUT2D eigenvalue weighted by Gasteiger charge is 2.16. The predicted molar refractivity (Wildman–Crippen MR) is 62.0 cm³/mol. The summed E-state index contributed by atoms with van der Waals surface area (Å²) in [5.41, 5.74) is -0.00571. The van der Waals surface area contributed by atoms with E-state index in [1.165, 1.54) is 7.11 Å². The average molecular weight is 230 g/mol. The van der Waals surface area contributed by atoms with E-state index in [0.29, 0.717) is 13.0 Å². The molecule has 0 saturated carbocycles. The first-order valence-electron chi connectivity index (χ1n) is 5.38. The Hall–Kier alpha value is -1.10. The molecule has 1 amide bonds. The third-order valence-electron chi connectivity index (χ3n) is 1.94. The molecule has 5 nitrogen and oxygen atoms in total. The van der Waals surface area contributed by atoms with Crippen LogP contribution in [0.4, 0.5) is 0 Å². The Morgan fingerprint density at radius 1 is 1.31 bits per heavy atom. The van der Waals surface area contributed by atoms with Gasteiger partial charge in [0.1, 0.15) is 6.04 Å². The molecule has 2 N–H and O–H groups in total. The number of ether oxygens (including phenoxy) is 1. The Balaban J connectivity index is 3.79. The minimum Gasteiger partial charge on any atom is -0.467 e. The smallest absolute Gasteiger partial charge is 0.328 e. The highest BCUT2D eigenvalue weighted by molar-refractivity contribution is 5.84. The maximum atomic E-state index is 11.4. The van der Waals surface area contributed by atoms with E-state index in [-0.39, 0.29) is 11.4 Å². The zero-order valence-corrected chi connectivity index (χ0v) is 10.7. The van der Waals surface area contributed by atoms with Crippen LogP contribution in [0.2, 0.25) is 0 Å². The number of esters is 1. The second-order valence-electron chi connectivity index (χ2n) is 4.74. The van der Waals surface area contributed by atoms with Crippen LogP contribution < -0.4 is 10.6 Å². The predicted octanol–water partition coefficient (Wildman–Crippen LogP) is 0.442. The summed E-state index contributed by atoms with van der Waals surface area (Å²) in [5, 5.41) is 5.76. The van der Waals surface area contributed by atoms with Crippen LogP contribution in [0.25, 0.3) is 0 Å². The van der Waals surface area contributed by atoms with Gasteiger partial charge in [-0.15, -0.1) is 0 Å². The monoisotopic (exact) mass is 230 g/mol. The van der Waals surface area contributed by atoms with Gasteiger partial charge >= 0.3 is 5.97 Å². The molecule has 0 aliphatic carbocycles. The molecular formula is C11H22N2O3. The highest BCUT2D eigenvalue weighted by atomic mass is 16.5. The molecule has 0 saturated heterocycles. The zero-order valence-electron chi connectivity index (χ0n) is 10.7. The number of nitrogens with one attached hydrogen (secondary N) is 2. The molecule has 0 aromatic rings. The maximum Gasteiger partial charge on any atom is 0.328 e. The molecule has 0 aliphatic rings. The molecule has 5 heteroatoms. The Morgan fingerprint density at radius 3 is 2.31 bits per heavy atom. The Labute approximate surface area is 96.9 Å². The fourth-order valence-corrected chi connectivity index (χ4v) is 1.10. The van der Waals surface area contributed by atoms with Gasteiger partial charge < -0.3 is 15.4 Å². The van der Waals surface area contributed by atoms with Gasteiger partial charge in [-0.25, -0.2) is 4.79 Å². The first kappa shape index (κ1) is 14.9. The molecule has 1 atom stereocenters. The Morgan fingerprint density at radius 2 is 1.88 bits per heavy atom. The van der Waals surface area contributed by atoms with E-state index < -0.39 is 12.0 Å². The average Bonchev–Trinajstić information content (AvgIpc) is 2.14. The van der Waals surface area contributed by atoms with Gasteiger partial charge in [0.2, 0.25) is 5.91 Å². The van der Waals surface area contributed by atoms with Gasteiger partial charge in [-0.1, -0.05) is 0 Å². The molecule has 0 radical (unpaired) electrons. The molecule has 1 unspecified atom stereocenters. The quantitative estimate of drug-likeness (QED) is 0.673. The number of carbonyl (C=O) groups excluding carboxylic acids is 2. The van der Waals surface area contributed by atoms with Gasteiger partial charge in [0.05, 0.1) is 7.11 Å². The lowest BCUT2D eigenvalue weighted by Crippen LogP contribution is -2.42. The van der Waals surface area contributed by atoms with Crippen LogP contribution in [0, 0.1) is 0 Å². The maximum absolute atomic E-state index is 11.4. The van der Waals surface area contributed by atoms with E-state index in [9.17, 15) is 9.59 Å². The molecule has 0 heterocycles. The lowest BCUT2D eigenvalue weighted by molar-refractivity contribution is -0.144. The molecule has 0 bridgehead atoms. The highest BCUT2D eigenvalue weighted by Crippen LogP contribution is 1.98. The van der Waals surface area contributed by atoms with Crippen LogP contribution in [0.1, 0.15) is 34.1 Å². The lowest BCUT2D eigenvalue weighted by atomic mass is 10.1. The van der Waals surface area contributed by atoms with Crippen molar-refractivity contribution in [2.45, 2.75) is 45.7 Å². The van der Waals surface area contributed by atoms with E-state index in [4.69, 9.17) is 0 Å². The molecule has 0 spiro atoms. The summed E-state index contributed by atoms with van der Waals surface area (Å²) < 4.78 is 4.50. The van der Waals surface area contributed by atoms with Gasteiger partial charge in [0, 0.05) is 18.5 Å². The summed E-state index contributed by atoms with van der Waals surface area (Å²) in [4.78, 5) is 22.4. The first-order valence-corrected chi connectivity index (χ1v) is 5.38. The van der Waals surface area contributed by atoms with Crippen molar-refractivity contribution in [3.63, 3.8) is 0 Å². The van der Waals surface area contributed by atoms with E-state index in [0.717, 1.165) is 0 Å². The van der Waals surface area contributed by atoms with Crippen LogP contribution in [0.3, 0.4) is 0 Å². The second-order valence-corrected chi connectivity index (χ2v) is 4.74. The van der Waals surface area contributed by atoms with Crippen molar-refractivity contribution in [3.05, 3.63) is 0 Å². The van der Waals surface area contributed by atoms with E-state index in [1.807, 2.05) is 20.8 Å². The second kappa shape index (κ2) is 6.48. The van der Waals surface area contributed by atoms with Crippen LogP contribution in [0.15, 0.2) is 0 Å². The summed E-state index contributed by atoms with van der Waals surface area (Å²) >= 11 is 0. The summed E-state index contributed by atoms with van der Waals surface area (Å²) in [6.07, 6.45) is 0.346. The minimum absolute atomic E-state index is 0.00571. The number of methoxy groups -OCH3 is 1. The molecule has 0 aromatic carbocycles. The van der Waals surface area contributed by atoms with Crippen molar-refractivity contribution in [1.82, 2.24) is 10.6 Å². The molecular weight excluding hydrogens is 208 g/mol. The molecule has 16 heavy (non-hydrogen) atoms. The van der Waals surface area contributed by atoms with E-state index in [2.05, 4.69) is 15.4 Å². The minimum atomic E-state index is -0.591. The number of hydrogen-bond donors (Lipinski definition) is 2. The van der Waals surface area contributed by atoms with Gasteiger partial charge in [-0.3, -0.25) is 4.79 Å². The number of rotatable bonds is 5. The third-order valence-corrected chi connectivity index (χ3v) is 1.94. The molecule has 0 fully saturated rings. The molecule has 0 rings (SSSR count). The van der Waals surface area contributed by atoms with Crippen molar-refractivity contribution in [1.29, 1.82) is 0 Å². The number of carbonyl (C=O) groups is 2. The Bertz CT molecular complexity index is 246. The Kier molecular flexibility index (Phi) is 6.03. The van der Waals surface area contributed by atoms with Crippen LogP contribution >= 0.6 is 0 Å². The van der Waals surface area contributed by atoms with E-state index in [1.54, 1.807) is 6.92 Å². The number of hydrogen-bond acceptors (Lipinski definition) is 4. The molecule has 0 aliphatic heterocycles. The number of amides is 1. The zero-order chi connectivity index (χ0) is 12.8. The standard InChI is InChI=1S/C11H22N2O3/c1-8(10(15)16-5)13-9(14)6-7-12-11(2,3)4/h8,12H,6-7H2,1-5H3,(H,13,14). The topological polar surface area (TPSA) is 67.4 Å². The van der Waals surface area contributed by atoms with Crippen LogP contribution in [-0.2, 0) is 14.3 Å². The molecule has 0 aromatic heterocycles. The van der Waals surface area contributed by atoms with E-state index >= 15 is 0 Å². The SMILES string of the molecule is COC(=O)C(C)NC(=O)CCNC(C)(C)C. The van der Waals surface area contributed by atoms with Gasteiger partial charge in [-0.05, 0) is 27.7 Å². The van der Waals surface area contributed by atoms with Gasteiger partial charge in [0.15, 0.2) is 0 Å². The van der Waals surface area contributed by atoms with Crippen molar-refractivity contribution in [3.8, 4) is 0 Å². The van der Waals surface area contributed by atoms with Crippen molar-refractivity contribution < 1.29 is 14.3 Å².